The van der Waals surface area contributed by atoms with Gasteiger partial charge in [0.05, 0.1) is 6.04 Å². The van der Waals surface area contributed by atoms with Gasteiger partial charge in [0, 0.05) is 42.7 Å². The highest BCUT2D eigenvalue weighted by molar-refractivity contribution is 6.30. The van der Waals surface area contributed by atoms with Crippen LogP contribution in [0, 0.1) is 0 Å². The van der Waals surface area contributed by atoms with Crippen LogP contribution >= 0.6 is 11.6 Å². The number of nitrogens with one attached hydrogen (secondary N) is 2. The molecule has 2 N–H and O–H groups in total. The summed E-state index contributed by atoms with van der Waals surface area (Å²) < 4.78 is 0. The molecule has 0 saturated carbocycles. The van der Waals surface area contributed by atoms with Crippen LogP contribution in [0.3, 0.4) is 0 Å². The summed E-state index contributed by atoms with van der Waals surface area (Å²) in [6.07, 6.45) is 0.260. The summed E-state index contributed by atoms with van der Waals surface area (Å²) in [5.41, 5.74) is 1.61. The maximum atomic E-state index is 12.9. The minimum absolute atomic E-state index is 0.0299. The smallest absolute Gasteiger partial charge is 0.251 e. The molecule has 2 aromatic rings. The van der Waals surface area contributed by atoms with E-state index in [9.17, 15) is 9.59 Å². The van der Waals surface area contributed by atoms with Crippen LogP contribution in [0.4, 0.5) is 0 Å². The normalized spacial score (nSPS) is 18.0. The maximum absolute atomic E-state index is 12.9. The zero-order valence-corrected chi connectivity index (χ0v) is 16.1. The second-order valence-electron chi connectivity index (χ2n) is 6.81. The lowest BCUT2D eigenvalue weighted by molar-refractivity contribution is -0.134. The monoisotopic (exact) mass is 385 g/mol. The van der Waals surface area contributed by atoms with Gasteiger partial charge >= 0.3 is 0 Å². The van der Waals surface area contributed by atoms with Crippen molar-refractivity contribution in [3.8, 4) is 0 Å². The summed E-state index contributed by atoms with van der Waals surface area (Å²) >= 11 is 6.12. The molecule has 2 unspecified atom stereocenters. The van der Waals surface area contributed by atoms with Crippen molar-refractivity contribution < 1.29 is 9.59 Å². The van der Waals surface area contributed by atoms with Crippen molar-refractivity contribution in [1.29, 1.82) is 0 Å². The van der Waals surface area contributed by atoms with Gasteiger partial charge in [-0.2, -0.15) is 0 Å². The summed E-state index contributed by atoms with van der Waals surface area (Å²) in [5, 5.41) is 6.91. The fraction of sp³-hybridized carbons (Fsp3) is 0.333. The molecule has 2 atom stereocenters. The van der Waals surface area contributed by atoms with E-state index in [1.165, 1.54) is 0 Å². The lowest BCUT2D eigenvalue weighted by Crippen LogP contribution is -2.50. The molecule has 2 aromatic carbocycles. The Morgan fingerprint density at radius 1 is 1.22 bits per heavy atom. The summed E-state index contributed by atoms with van der Waals surface area (Å²) in [5.74, 6) is -0.134. The van der Waals surface area contributed by atoms with E-state index in [-0.39, 0.29) is 30.3 Å². The van der Waals surface area contributed by atoms with Crippen molar-refractivity contribution in [2.75, 3.05) is 19.6 Å². The average molecular weight is 386 g/mol. The highest BCUT2D eigenvalue weighted by atomic mass is 35.5. The fourth-order valence-electron chi connectivity index (χ4n) is 3.34. The molecule has 1 fully saturated rings. The van der Waals surface area contributed by atoms with Gasteiger partial charge in [-0.05, 0) is 36.8 Å². The van der Waals surface area contributed by atoms with Gasteiger partial charge in [0.1, 0.15) is 0 Å². The quantitative estimate of drug-likeness (QED) is 0.831. The van der Waals surface area contributed by atoms with E-state index in [1.807, 2.05) is 54.3 Å². The molecular weight excluding hydrogens is 362 g/mol. The molecule has 0 spiro atoms. The van der Waals surface area contributed by atoms with Crippen LogP contribution in [0.1, 0.15) is 35.3 Å². The third kappa shape index (κ3) is 5.08. The van der Waals surface area contributed by atoms with Crippen LogP contribution in [0.5, 0.6) is 0 Å². The number of carbonyl (C=O) groups is 2. The van der Waals surface area contributed by atoms with Crippen molar-refractivity contribution in [2.24, 2.45) is 0 Å². The highest BCUT2D eigenvalue weighted by Crippen LogP contribution is 2.25. The molecule has 3 rings (SSSR count). The van der Waals surface area contributed by atoms with E-state index in [1.54, 1.807) is 12.1 Å². The van der Waals surface area contributed by atoms with Crippen LogP contribution in [-0.2, 0) is 4.79 Å². The number of benzene rings is 2. The molecule has 5 nitrogen and oxygen atoms in total. The lowest BCUT2D eigenvalue weighted by Gasteiger charge is -2.37. The average Bonchev–Trinajstić information content (AvgIpc) is 2.68. The van der Waals surface area contributed by atoms with Gasteiger partial charge in [-0.3, -0.25) is 9.59 Å². The van der Waals surface area contributed by atoms with Crippen molar-refractivity contribution in [3.63, 3.8) is 0 Å². The second-order valence-corrected chi connectivity index (χ2v) is 7.24. The number of amides is 2. The Morgan fingerprint density at radius 2 is 2.00 bits per heavy atom. The fourth-order valence-corrected chi connectivity index (χ4v) is 3.54. The van der Waals surface area contributed by atoms with Crippen molar-refractivity contribution in [2.45, 2.75) is 25.4 Å². The van der Waals surface area contributed by atoms with Crippen LogP contribution < -0.4 is 10.6 Å². The van der Waals surface area contributed by atoms with Gasteiger partial charge in [0.25, 0.3) is 5.91 Å². The topological polar surface area (TPSA) is 61.4 Å². The molecule has 0 bridgehead atoms. The highest BCUT2D eigenvalue weighted by Gasteiger charge is 2.29. The van der Waals surface area contributed by atoms with Gasteiger partial charge in [0.15, 0.2) is 0 Å². The molecule has 1 saturated heterocycles. The van der Waals surface area contributed by atoms with Gasteiger partial charge in [-0.25, -0.2) is 0 Å². The van der Waals surface area contributed by atoms with E-state index in [4.69, 9.17) is 11.6 Å². The van der Waals surface area contributed by atoms with Gasteiger partial charge in [-0.1, -0.05) is 41.9 Å². The maximum Gasteiger partial charge on any atom is 0.251 e. The van der Waals surface area contributed by atoms with Crippen molar-refractivity contribution >= 4 is 23.4 Å². The number of carbonyl (C=O) groups excluding carboxylic acids is 2. The first-order chi connectivity index (χ1) is 13.0. The summed E-state index contributed by atoms with van der Waals surface area (Å²) in [4.78, 5) is 27.1. The molecule has 0 aromatic heterocycles. The van der Waals surface area contributed by atoms with Gasteiger partial charge in [-0.15, -0.1) is 0 Å². The van der Waals surface area contributed by atoms with Crippen molar-refractivity contribution in [3.05, 3.63) is 70.7 Å². The number of hydrogen-bond acceptors (Lipinski definition) is 3. The first kappa shape index (κ1) is 19.4. The zero-order chi connectivity index (χ0) is 19.2. The van der Waals surface area contributed by atoms with Crippen LogP contribution in [0.15, 0.2) is 54.6 Å². The van der Waals surface area contributed by atoms with Gasteiger partial charge < -0.3 is 15.5 Å². The van der Waals surface area contributed by atoms with E-state index in [0.29, 0.717) is 23.7 Å². The predicted octanol–water partition coefficient (Wildman–Crippen LogP) is 3.02. The molecule has 27 heavy (non-hydrogen) atoms. The second kappa shape index (κ2) is 9.02. The van der Waals surface area contributed by atoms with Crippen LogP contribution in [-0.4, -0.2) is 42.4 Å². The Balaban J connectivity index is 1.63. The minimum atomic E-state index is -0.250. The molecule has 0 aliphatic carbocycles. The Labute approximate surface area is 164 Å². The molecule has 0 radical (unpaired) electrons. The Kier molecular flexibility index (Phi) is 6.48. The van der Waals surface area contributed by atoms with Gasteiger partial charge in [0.2, 0.25) is 5.91 Å². The lowest BCUT2D eigenvalue weighted by atomic mass is 10.0. The molecule has 1 aliphatic rings. The van der Waals surface area contributed by atoms with Crippen LogP contribution in [0.2, 0.25) is 5.02 Å². The summed E-state index contributed by atoms with van der Waals surface area (Å²) in [6.45, 7) is 3.94. The van der Waals surface area contributed by atoms with E-state index >= 15 is 0 Å². The molecule has 6 heteroatoms. The predicted molar refractivity (Wildman–Crippen MR) is 107 cm³/mol. The number of halogens is 1. The molecular formula is C21H24ClN3O2. The van der Waals surface area contributed by atoms with E-state index in [0.717, 1.165) is 12.1 Å². The molecule has 2 amide bonds. The van der Waals surface area contributed by atoms with Crippen molar-refractivity contribution in [1.82, 2.24) is 15.5 Å². The van der Waals surface area contributed by atoms with E-state index in [2.05, 4.69) is 10.6 Å². The summed E-state index contributed by atoms with van der Waals surface area (Å²) in [6, 6.07) is 16.3. The first-order valence-electron chi connectivity index (χ1n) is 9.16. The first-order valence-corrected chi connectivity index (χ1v) is 9.54. The Bertz CT molecular complexity index is 797. The molecule has 1 aliphatic heterocycles. The number of hydrogen-bond donors (Lipinski definition) is 2. The zero-order valence-electron chi connectivity index (χ0n) is 15.3. The van der Waals surface area contributed by atoms with Crippen LogP contribution in [0.25, 0.3) is 0 Å². The third-order valence-electron chi connectivity index (χ3n) is 4.69. The largest absolute Gasteiger partial charge is 0.349 e. The number of rotatable bonds is 5. The minimum Gasteiger partial charge on any atom is -0.349 e. The standard InChI is InChI=1S/C21H24ClN3O2/c1-15(24-21(27)16-6-3-2-4-7-16)12-20(26)25-11-10-23-14-19(25)17-8-5-9-18(22)13-17/h2-9,13,15,19,23H,10-12,14H2,1H3,(H,24,27). The Morgan fingerprint density at radius 3 is 2.74 bits per heavy atom. The number of piperazine rings is 1. The van der Waals surface area contributed by atoms with E-state index < -0.39 is 0 Å². The third-order valence-corrected chi connectivity index (χ3v) is 4.93. The molecule has 1 heterocycles. The SMILES string of the molecule is CC(CC(=O)N1CCNCC1c1cccc(Cl)c1)NC(=O)c1ccccc1. The Hall–Kier alpha value is -2.37. The summed E-state index contributed by atoms with van der Waals surface area (Å²) in [7, 11) is 0. The molecule has 142 valence electrons. The number of nitrogens with zero attached hydrogens (tertiary/aromatic N) is 1.